The van der Waals surface area contributed by atoms with Gasteiger partial charge in [0.25, 0.3) is 0 Å². The van der Waals surface area contributed by atoms with Crippen molar-refractivity contribution in [3.8, 4) is 33.4 Å². The molecule has 0 aliphatic carbocycles. The molecule has 0 spiro atoms. The minimum absolute atomic E-state index is 0.753. The average Bonchev–Trinajstić information content (AvgIpc) is 2.69. The van der Waals surface area contributed by atoms with Crippen molar-refractivity contribution in [2.24, 2.45) is 0 Å². The standard InChI is InChI=1S/C24H17Cl/c25-22-13-7-12-21(16-22)23-15-14-20(18-8-3-1-4-9-18)17-24(23)19-10-5-2-6-11-19/h1-17H. The molecule has 0 N–H and O–H groups in total. The summed E-state index contributed by atoms with van der Waals surface area (Å²) in [7, 11) is 0. The maximum atomic E-state index is 6.22. The van der Waals surface area contributed by atoms with Gasteiger partial charge in [-0.2, -0.15) is 0 Å². The Labute approximate surface area is 153 Å². The van der Waals surface area contributed by atoms with Crippen molar-refractivity contribution in [3.63, 3.8) is 0 Å². The fourth-order valence-electron chi connectivity index (χ4n) is 3.12. The first-order valence-corrected chi connectivity index (χ1v) is 8.70. The molecule has 0 radical (unpaired) electrons. The number of rotatable bonds is 3. The molecule has 0 fully saturated rings. The zero-order chi connectivity index (χ0) is 17.1. The van der Waals surface area contributed by atoms with Crippen molar-refractivity contribution >= 4 is 11.6 Å². The van der Waals surface area contributed by atoms with Crippen LogP contribution in [-0.2, 0) is 0 Å². The number of hydrogen-bond donors (Lipinski definition) is 0. The zero-order valence-electron chi connectivity index (χ0n) is 13.7. The molecule has 0 aliphatic rings. The fraction of sp³-hybridized carbons (Fsp3) is 0. The third-order valence-electron chi connectivity index (χ3n) is 4.35. The Bertz CT molecular complexity index is 989. The van der Waals surface area contributed by atoms with Crippen molar-refractivity contribution in [1.29, 1.82) is 0 Å². The largest absolute Gasteiger partial charge is 0.0843 e. The van der Waals surface area contributed by atoms with Crippen LogP contribution >= 0.6 is 11.6 Å². The van der Waals surface area contributed by atoms with E-state index in [-0.39, 0.29) is 0 Å². The molecular formula is C24H17Cl. The Balaban J connectivity index is 1.93. The first kappa shape index (κ1) is 15.7. The second-order valence-corrected chi connectivity index (χ2v) is 6.44. The molecule has 1 heteroatoms. The normalized spacial score (nSPS) is 10.6. The topological polar surface area (TPSA) is 0 Å². The summed E-state index contributed by atoms with van der Waals surface area (Å²) in [6, 6.07) is 35.6. The third kappa shape index (κ3) is 3.35. The Hall–Kier alpha value is -2.83. The van der Waals surface area contributed by atoms with Gasteiger partial charge in [0.1, 0.15) is 0 Å². The minimum Gasteiger partial charge on any atom is -0.0843 e. The van der Waals surface area contributed by atoms with Gasteiger partial charge in [0.15, 0.2) is 0 Å². The van der Waals surface area contributed by atoms with Crippen LogP contribution in [0.5, 0.6) is 0 Å². The summed E-state index contributed by atoms with van der Waals surface area (Å²) in [4.78, 5) is 0. The highest BCUT2D eigenvalue weighted by Gasteiger charge is 2.10. The summed E-state index contributed by atoms with van der Waals surface area (Å²) < 4.78 is 0. The molecule has 0 saturated carbocycles. The summed E-state index contributed by atoms with van der Waals surface area (Å²) in [5.74, 6) is 0. The molecular weight excluding hydrogens is 324 g/mol. The molecule has 0 nitrogen and oxygen atoms in total. The molecule has 0 atom stereocenters. The van der Waals surface area contributed by atoms with Gasteiger partial charge in [-0.1, -0.05) is 96.5 Å². The second kappa shape index (κ2) is 6.96. The van der Waals surface area contributed by atoms with Gasteiger partial charge >= 0.3 is 0 Å². The Morgan fingerprint density at radius 2 is 1.04 bits per heavy atom. The van der Waals surface area contributed by atoms with Crippen LogP contribution in [0.15, 0.2) is 103 Å². The van der Waals surface area contributed by atoms with Crippen LogP contribution in [0.4, 0.5) is 0 Å². The molecule has 120 valence electrons. The van der Waals surface area contributed by atoms with E-state index in [0.717, 1.165) is 10.6 Å². The maximum absolute atomic E-state index is 6.22. The predicted molar refractivity (Wildman–Crippen MR) is 108 cm³/mol. The van der Waals surface area contributed by atoms with Gasteiger partial charge in [0.05, 0.1) is 0 Å². The summed E-state index contributed by atoms with van der Waals surface area (Å²) >= 11 is 6.22. The van der Waals surface area contributed by atoms with Crippen LogP contribution in [-0.4, -0.2) is 0 Å². The van der Waals surface area contributed by atoms with Gasteiger partial charge in [-0.05, 0) is 51.6 Å². The van der Waals surface area contributed by atoms with E-state index in [1.54, 1.807) is 0 Å². The molecule has 0 saturated heterocycles. The molecule has 4 rings (SSSR count). The van der Waals surface area contributed by atoms with Crippen molar-refractivity contribution in [2.75, 3.05) is 0 Å². The Kier molecular flexibility index (Phi) is 4.37. The molecule has 0 heterocycles. The molecule has 0 aliphatic heterocycles. The smallest absolute Gasteiger partial charge is 0.0412 e. The summed E-state index contributed by atoms with van der Waals surface area (Å²) in [6.07, 6.45) is 0. The molecule has 0 unspecified atom stereocenters. The molecule has 25 heavy (non-hydrogen) atoms. The highest BCUT2D eigenvalue weighted by atomic mass is 35.5. The van der Waals surface area contributed by atoms with Crippen molar-refractivity contribution in [2.45, 2.75) is 0 Å². The summed E-state index contributed by atoms with van der Waals surface area (Å²) in [5.41, 5.74) is 7.17. The highest BCUT2D eigenvalue weighted by Crippen LogP contribution is 2.36. The van der Waals surface area contributed by atoms with Gasteiger partial charge in [0.2, 0.25) is 0 Å². The lowest BCUT2D eigenvalue weighted by Crippen LogP contribution is -1.87. The van der Waals surface area contributed by atoms with E-state index in [0.29, 0.717) is 0 Å². The lowest BCUT2D eigenvalue weighted by Gasteiger charge is -2.13. The monoisotopic (exact) mass is 340 g/mol. The fourth-order valence-corrected chi connectivity index (χ4v) is 3.31. The van der Waals surface area contributed by atoms with Crippen LogP contribution in [0.25, 0.3) is 33.4 Å². The van der Waals surface area contributed by atoms with Gasteiger partial charge in [-0.15, -0.1) is 0 Å². The number of hydrogen-bond acceptors (Lipinski definition) is 0. The quantitative estimate of drug-likeness (QED) is 0.366. The van der Waals surface area contributed by atoms with Crippen molar-refractivity contribution < 1.29 is 0 Å². The number of benzene rings is 4. The van der Waals surface area contributed by atoms with E-state index in [9.17, 15) is 0 Å². The lowest BCUT2D eigenvalue weighted by atomic mass is 9.91. The molecule has 0 amide bonds. The van der Waals surface area contributed by atoms with E-state index in [2.05, 4.69) is 72.8 Å². The van der Waals surface area contributed by atoms with Gasteiger partial charge < -0.3 is 0 Å². The summed E-state index contributed by atoms with van der Waals surface area (Å²) in [5, 5.41) is 0.753. The molecule has 0 aromatic heterocycles. The molecule has 4 aromatic carbocycles. The van der Waals surface area contributed by atoms with Crippen LogP contribution in [0.2, 0.25) is 5.02 Å². The highest BCUT2D eigenvalue weighted by molar-refractivity contribution is 6.30. The van der Waals surface area contributed by atoms with Crippen molar-refractivity contribution in [1.82, 2.24) is 0 Å². The van der Waals surface area contributed by atoms with E-state index >= 15 is 0 Å². The van der Waals surface area contributed by atoms with E-state index in [4.69, 9.17) is 11.6 Å². The zero-order valence-corrected chi connectivity index (χ0v) is 14.4. The summed E-state index contributed by atoms with van der Waals surface area (Å²) in [6.45, 7) is 0. The van der Waals surface area contributed by atoms with E-state index in [1.165, 1.54) is 27.8 Å². The Morgan fingerprint density at radius 1 is 0.400 bits per heavy atom. The first-order valence-electron chi connectivity index (χ1n) is 8.32. The molecule has 0 bridgehead atoms. The number of halogens is 1. The lowest BCUT2D eigenvalue weighted by molar-refractivity contribution is 1.56. The average molecular weight is 341 g/mol. The predicted octanol–water partition coefficient (Wildman–Crippen LogP) is 7.34. The van der Waals surface area contributed by atoms with Crippen LogP contribution in [0.3, 0.4) is 0 Å². The first-order chi connectivity index (χ1) is 12.3. The maximum Gasteiger partial charge on any atom is 0.0412 e. The van der Waals surface area contributed by atoms with Crippen LogP contribution in [0, 0.1) is 0 Å². The van der Waals surface area contributed by atoms with Gasteiger partial charge in [0, 0.05) is 5.02 Å². The van der Waals surface area contributed by atoms with Crippen molar-refractivity contribution in [3.05, 3.63) is 108 Å². The van der Waals surface area contributed by atoms with Crippen LogP contribution in [0.1, 0.15) is 0 Å². The minimum atomic E-state index is 0.753. The van der Waals surface area contributed by atoms with Gasteiger partial charge in [-0.25, -0.2) is 0 Å². The van der Waals surface area contributed by atoms with E-state index in [1.807, 2.05) is 30.3 Å². The van der Waals surface area contributed by atoms with Crippen LogP contribution < -0.4 is 0 Å². The van der Waals surface area contributed by atoms with E-state index < -0.39 is 0 Å². The SMILES string of the molecule is Clc1cccc(-c2ccc(-c3ccccc3)cc2-c2ccccc2)c1. The Morgan fingerprint density at radius 3 is 1.72 bits per heavy atom. The second-order valence-electron chi connectivity index (χ2n) is 6.00. The van der Waals surface area contributed by atoms with Gasteiger partial charge in [-0.3, -0.25) is 0 Å². The molecule has 4 aromatic rings. The third-order valence-corrected chi connectivity index (χ3v) is 4.58.